The van der Waals surface area contributed by atoms with Crippen LogP contribution in [0.15, 0.2) is 0 Å². The van der Waals surface area contributed by atoms with Gasteiger partial charge in [-0.2, -0.15) is 0 Å². The first-order chi connectivity index (χ1) is 8.11. The van der Waals surface area contributed by atoms with Gasteiger partial charge < -0.3 is 20.5 Å². The highest BCUT2D eigenvalue weighted by Crippen LogP contribution is 2.22. The monoisotopic (exact) mass is 258 g/mol. The van der Waals surface area contributed by atoms with Crippen LogP contribution in [-0.4, -0.2) is 52.2 Å². The topological polar surface area (TPSA) is 92.9 Å². The normalized spacial score (nSPS) is 26.0. The highest BCUT2D eigenvalue weighted by molar-refractivity contribution is 5.88. The Hall–Kier alpha value is -1.14. The molecule has 3 N–H and O–H groups in total. The van der Waals surface area contributed by atoms with Crippen LogP contribution < -0.4 is 5.73 Å². The molecule has 0 saturated carbocycles. The largest absolute Gasteiger partial charge is 0.458 e. The molecule has 3 atom stereocenters. The summed E-state index contributed by atoms with van der Waals surface area (Å²) in [6, 6.07) is -1.43. The Kier molecular flexibility index (Phi) is 4.34. The zero-order valence-electron chi connectivity index (χ0n) is 11.3. The van der Waals surface area contributed by atoms with Gasteiger partial charge in [-0.3, -0.25) is 4.79 Å². The average molecular weight is 258 g/mol. The van der Waals surface area contributed by atoms with Crippen molar-refractivity contribution < 1.29 is 19.4 Å². The number of nitrogens with zero attached hydrogens (tertiary/aromatic N) is 1. The average Bonchev–Trinajstić information content (AvgIpc) is 2.56. The van der Waals surface area contributed by atoms with Crippen LogP contribution in [-0.2, 0) is 14.3 Å². The summed E-state index contributed by atoms with van der Waals surface area (Å²) in [6.45, 7) is 6.96. The Morgan fingerprint density at radius 2 is 2.00 bits per heavy atom. The van der Waals surface area contributed by atoms with Gasteiger partial charge in [0.05, 0.1) is 12.1 Å². The number of hydrogen-bond acceptors (Lipinski definition) is 5. The van der Waals surface area contributed by atoms with Gasteiger partial charge in [-0.25, -0.2) is 4.79 Å². The number of nitrogens with two attached hydrogens (primary N) is 1. The van der Waals surface area contributed by atoms with E-state index in [1.54, 1.807) is 27.7 Å². The molecule has 6 heteroatoms. The van der Waals surface area contributed by atoms with Crippen molar-refractivity contribution in [3.8, 4) is 0 Å². The number of hydrogen-bond donors (Lipinski definition) is 2. The first-order valence-corrected chi connectivity index (χ1v) is 6.09. The minimum Gasteiger partial charge on any atom is -0.458 e. The molecule has 1 rings (SSSR count). The van der Waals surface area contributed by atoms with E-state index in [-0.39, 0.29) is 18.9 Å². The van der Waals surface area contributed by atoms with E-state index in [0.29, 0.717) is 0 Å². The molecule has 104 valence electrons. The summed E-state index contributed by atoms with van der Waals surface area (Å²) in [4.78, 5) is 25.1. The van der Waals surface area contributed by atoms with Gasteiger partial charge in [-0.1, -0.05) is 0 Å². The number of β-amino-alcohol motifs (C(OH)–C–C–N with tert-alkyl or cyclic N) is 1. The second-order valence-electron chi connectivity index (χ2n) is 5.72. The number of esters is 1. The molecule has 18 heavy (non-hydrogen) atoms. The van der Waals surface area contributed by atoms with Crippen LogP contribution in [0, 0.1) is 0 Å². The number of amides is 1. The maximum absolute atomic E-state index is 12.0. The van der Waals surface area contributed by atoms with E-state index in [4.69, 9.17) is 10.5 Å². The molecule has 6 nitrogen and oxygen atoms in total. The molecule has 0 aromatic rings. The van der Waals surface area contributed by atoms with E-state index >= 15 is 0 Å². The smallest absolute Gasteiger partial charge is 0.329 e. The van der Waals surface area contributed by atoms with E-state index in [2.05, 4.69) is 0 Å². The molecule has 1 heterocycles. The third-order valence-electron chi connectivity index (χ3n) is 2.63. The van der Waals surface area contributed by atoms with E-state index in [1.165, 1.54) is 4.90 Å². The molecular weight excluding hydrogens is 236 g/mol. The third kappa shape index (κ3) is 3.68. The molecule has 1 saturated heterocycles. The number of aliphatic hydroxyl groups is 1. The van der Waals surface area contributed by atoms with Gasteiger partial charge in [0.25, 0.3) is 0 Å². The molecule has 0 bridgehead atoms. The molecular formula is C12H22N2O4. The zero-order valence-corrected chi connectivity index (χ0v) is 11.3. The van der Waals surface area contributed by atoms with Crippen LogP contribution in [0.4, 0.5) is 0 Å². The number of rotatable bonds is 2. The lowest BCUT2D eigenvalue weighted by molar-refractivity contribution is -0.163. The fourth-order valence-corrected chi connectivity index (χ4v) is 1.91. The molecule has 1 aliphatic rings. The number of carbonyl (C=O) groups excluding carboxylic acids is 2. The quantitative estimate of drug-likeness (QED) is 0.660. The summed E-state index contributed by atoms with van der Waals surface area (Å²) in [6.07, 6.45) is -0.502. The minimum absolute atomic E-state index is 0.129. The lowest BCUT2D eigenvalue weighted by atomic mass is 10.1. The van der Waals surface area contributed by atoms with Crippen molar-refractivity contribution >= 4 is 11.9 Å². The summed E-state index contributed by atoms with van der Waals surface area (Å²) in [5, 5.41) is 9.61. The van der Waals surface area contributed by atoms with Crippen LogP contribution in [0.5, 0.6) is 0 Å². The van der Waals surface area contributed by atoms with Crippen LogP contribution in [0.3, 0.4) is 0 Å². The van der Waals surface area contributed by atoms with Crippen molar-refractivity contribution in [1.82, 2.24) is 4.90 Å². The van der Waals surface area contributed by atoms with Crippen molar-refractivity contribution in [3.63, 3.8) is 0 Å². The van der Waals surface area contributed by atoms with Gasteiger partial charge in [0, 0.05) is 13.0 Å². The Bertz CT molecular complexity index is 335. The molecule has 0 aliphatic carbocycles. The fourth-order valence-electron chi connectivity index (χ4n) is 1.91. The van der Waals surface area contributed by atoms with Gasteiger partial charge in [-0.15, -0.1) is 0 Å². The molecule has 1 fully saturated rings. The molecule has 0 radical (unpaired) electrons. The summed E-state index contributed by atoms with van der Waals surface area (Å²) in [5.41, 5.74) is 4.91. The summed E-state index contributed by atoms with van der Waals surface area (Å²) < 4.78 is 5.25. The Morgan fingerprint density at radius 3 is 2.44 bits per heavy atom. The summed E-state index contributed by atoms with van der Waals surface area (Å²) in [5.74, 6) is -0.838. The van der Waals surface area contributed by atoms with Gasteiger partial charge >= 0.3 is 5.97 Å². The van der Waals surface area contributed by atoms with E-state index in [0.717, 1.165) is 0 Å². The second kappa shape index (κ2) is 5.24. The molecule has 0 aromatic carbocycles. The molecule has 3 unspecified atom stereocenters. The van der Waals surface area contributed by atoms with Gasteiger partial charge in [0.2, 0.25) is 5.91 Å². The molecule has 1 aliphatic heterocycles. The van der Waals surface area contributed by atoms with E-state index in [9.17, 15) is 14.7 Å². The van der Waals surface area contributed by atoms with Crippen molar-refractivity contribution in [2.75, 3.05) is 6.54 Å². The first kappa shape index (κ1) is 14.9. The lowest BCUT2D eigenvalue weighted by Crippen LogP contribution is -2.48. The summed E-state index contributed by atoms with van der Waals surface area (Å²) >= 11 is 0. The van der Waals surface area contributed by atoms with Crippen molar-refractivity contribution in [2.45, 2.75) is 57.9 Å². The summed E-state index contributed by atoms with van der Waals surface area (Å²) in [7, 11) is 0. The maximum Gasteiger partial charge on any atom is 0.329 e. The predicted octanol–water partition coefficient (Wildman–Crippen LogP) is -0.363. The Labute approximate surface area is 107 Å². The number of aliphatic hydroxyl groups excluding tert-OH is 1. The lowest BCUT2D eigenvalue weighted by Gasteiger charge is -2.28. The molecule has 0 aromatic heterocycles. The third-order valence-corrected chi connectivity index (χ3v) is 2.63. The zero-order chi connectivity index (χ0) is 14.1. The van der Waals surface area contributed by atoms with Gasteiger partial charge in [0.1, 0.15) is 11.6 Å². The van der Waals surface area contributed by atoms with Crippen LogP contribution >= 0.6 is 0 Å². The molecule has 1 amide bonds. The fraction of sp³-hybridized carbons (Fsp3) is 0.833. The standard InChI is InChI=1S/C12H22N2O4/c1-7(13)10(16)14-6-8(15)5-9(14)11(17)18-12(2,3)4/h7-9,15H,5-6,13H2,1-4H3. The van der Waals surface area contributed by atoms with Gasteiger partial charge in [0.15, 0.2) is 0 Å². The van der Waals surface area contributed by atoms with E-state index in [1.807, 2.05) is 0 Å². The highest BCUT2D eigenvalue weighted by Gasteiger charge is 2.41. The first-order valence-electron chi connectivity index (χ1n) is 6.09. The Morgan fingerprint density at radius 1 is 1.44 bits per heavy atom. The Balaban J connectivity index is 2.79. The van der Waals surface area contributed by atoms with Crippen molar-refractivity contribution in [2.24, 2.45) is 5.73 Å². The molecule has 0 spiro atoms. The van der Waals surface area contributed by atoms with E-state index < -0.39 is 29.8 Å². The van der Waals surface area contributed by atoms with Crippen LogP contribution in [0.1, 0.15) is 34.1 Å². The minimum atomic E-state index is -0.738. The van der Waals surface area contributed by atoms with Gasteiger partial charge in [-0.05, 0) is 27.7 Å². The van der Waals surface area contributed by atoms with Crippen molar-refractivity contribution in [1.29, 1.82) is 0 Å². The number of ether oxygens (including phenoxy) is 1. The predicted molar refractivity (Wildman–Crippen MR) is 65.6 cm³/mol. The number of likely N-dealkylation sites (tertiary alicyclic amines) is 1. The maximum atomic E-state index is 12.0. The number of carbonyl (C=O) groups is 2. The van der Waals surface area contributed by atoms with Crippen molar-refractivity contribution in [3.05, 3.63) is 0 Å². The van der Waals surface area contributed by atoms with Crippen LogP contribution in [0.25, 0.3) is 0 Å². The SMILES string of the molecule is CC(N)C(=O)N1CC(O)CC1C(=O)OC(C)(C)C. The second-order valence-corrected chi connectivity index (χ2v) is 5.72. The van der Waals surface area contributed by atoms with Crippen LogP contribution in [0.2, 0.25) is 0 Å². The highest BCUT2D eigenvalue weighted by atomic mass is 16.6.